The lowest BCUT2D eigenvalue weighted by molar-refractivity contribution is -0.154. The Kier molecular flexibility index (Phi) is 7.90. The molecule has 30 heavy (non-hydrogen) atoms. The standard InChI is InChI=1S/C20H36FN5O4/c1-5-29-17(27)15-10-14-11-20(21,9-7-16(24-22)25-23)8-6-13(14)12-26(15)18(28)30-19(2,3)4/h13-15H,5-12,22-23H2,1-4H3,(H,24,25). The lowest BCUT2D eigenvalue weighted by Crippen LogP contribution is -2.57. The van der Waals surface area contributed by atoms with Gasteiger partial charge in [-0.2, -0.15) is 5.10 Å². The highest BCUT2D eigenvalue weighted by Crippen LogP contribution is 2.46. The van der Waals surface area contributed by atoms with Gasteiger partial charge in [0.2, 0.25) is 0 Å². The number of esters is 1. The van der Waals surface area contributed by atoms with E-state index in [1.165, 1.54) is 4.90 Å². The molecule has 1 saturated heterocycles. The number of fused-ring (bicyclic) bond motifs is 1. The largest absolute Gasteiger partial charge is 0.464 e. The summed E-state index contributed by atoms with van der Waals surface area (Å²) in [6.07, 6.45) is 1.71. The van der Waals surface area contributed by atoms with E-state index < -0.39 is 29.4 Å². The van der Waals surface area contributed by atoms with Crippen LogP contribution in [-0.4, -0.2) is 53.3 Å². The number of hydrazine groups is 1. The topological polar surface area (TPSA) is 132 Å². The normalized spacial score (nSPS) is 29.7. The highest BCUT2D eigenvalue weighted by atomic mass is 19.1. The molecule has 1 aliphatic heterocycles. The average Bonchev–Trinajstić information content (AvgIpc) is 2.66. The summed E-state index contributed by atoms with van der Waals surface area (Å²) in [4.78, 5) is 26.8. The molecule has 1 amide bonds. The van der Waals surface area contributed by atoms with E-state index in [-0.39, 0.29) is 24.9 Å². The average molecular weight is 430 g/mol. The fourth-order valence-corrected chi connectivity index (χ4v) is 4.46. The van der Waals surface area contributed by atoms with Gasteiger partial charge in [0.25, 0.3) is 0 Å². The third-order valence-corrected chi connectivity index (χ3v) is 5.91. The van der Waals surface area contributed by atoms with E-state index in [4.69, 9.17) is 21.2 Å². The molecule has 0 aromatic rings. The van der Waals surface area contributed by atoms with Crippen molar-refractivity contribution in [1.82, 2.24) is 10.3 Å². The van der Waals surface area contributed by atoms with E-state index in [2.05, 4.69) is 10.5 Å². The van der Waals surface area contributed by atoms with Crippen molar-refractivity contribution < 1.29 is 23.5 Å². The summed E-state index contributed by atoms with van der Waals surface area (Å²) >= 11 is 0. The van der Waals surface area contributed by atoms with Gasteiger partial charge in [0, 0.05) is 13.0 Å². The molecular formula is C20H36FN5O4. The van der Waals surface area contributed by atoms with Crippen LogP contribution in [-0.2, 0) is 14.3 Å². The van der Waals surface area contributed by atoms with Gasteiger partial charge >= 0.3 is 12.1 Å². The summed E-state index contributed by atoms with van der Waals surface area (Å²) in [7, 11) is 0. The Bertz CT molecular complexity index is 654. The lowest BCUT2D eigenvalue weighted by atomic mass is 9.67. The summed E-state index contributed by atoms with van der Waals surface area (Å²) in [5.41, 5.74) is 0.316. The predicted molar refractivity (Wildman–Crippen MR) is 111 cm³/mol. The number of hydrogen-bond acceptors (Lipinski definition) is 7. The molecule has 2 aliphatic rings. The number of likely N-dealkylation sites (tertiary alicyclic amines) is 1. The van der Waals surface area contributed by atoms with Crippen LogP contribution in [0.3, 0.4) is 0 Å². The van der Waals surface area contributed by atoms with Crippen molar-refractivity contribution in [3.8, 4) is 0 Å². The molecular weight excluding hydrogens is 393 g/mol. The Morgan fingerprint density at radius 2 is 2.03 bits per heavy atom. The van der Waals surface area contributed by atoms with Gasteiger partial charge in [-0.05, 0) is 71.6 Å². The van der Waals surface area contributed by atoms with Gasteiger partial charge in [-0.3, -0.25) is 4.90 Å². The van der Waals surface area contributed by atoms with Crippen molar-refractivity contribution in [3.63, 3.8) is 0 Å². The van der Waals surface area contributed by atoms with Gasteiger partial charge in [0.15, 0.2) is 0 Å². The molecule has 1 aliphatic carbocycles. The Morgan fingerprint density at radius 3 is 2.60 bits per heavy atom. The fourth-order valence-electron chi connectivity index (χ4n) is 4.46. The number of carbonyl (C=O) groups excluding carboxylic acids is 2. The zero-order valence-corrected chi connectivity index (χ0v) is 18.4. The number of amidine groups is 1. The maximum atomic E-state index is 15.5. The van der Waals surface area contributed by atoms with Gasteiger partial charge < -0.3 is 20.7 Å². The van der Waals surface area contributed by atoms with Crippen molar-refractivity contribution in [3.05, 3.63) is 0 Å². The summed E-state index contributed by atoms with van der Waals surface area (Å²) < 4.78 is 26.3. The number of nitrogens with zero attached hydrogens (tertiary/aromatic N) is 2. The van der Waals surface area contributed by atoms with E-state index in [0.29, 0.717) is 44.5 Å². The number of piperidine rings is 1. The number of rotatable bonds is 5. The highest BCUT2D eigenvalue weighted by molar-refractivity contribution is 5.82. The maximum Gasteiger partial charge on any atom is 0.411 e. The third kappa shape index (κ3) is 6.20. The van der Waals surface area contributed by atoms with Gasteiger partial charge in [-0.25, -0.2) is 19.8 Å². The molecule has 5 N–H and O–H groups in total. The van der Waals surface area contributed by atoms with Gasteiger partial charge in [-0.1, -0.05) is 0 Å². The minimum atomic E-state index is -1.39. The number of alkyl halides is 1. The molecule has 0 aromatic heterocycles. The monoisotopic (exact) mass is 429 g/mol. The number of halogens is 1. The molecule has 1 heterocycles. The number of nitrogens with two attached hydrogens (primary N) is 2. The smallest absolute Gasteiger partial charge is 0.411 e. The van der Waals surface area contributed by atoms with Crippen LogP contribution in [0, 0.1) is 11.8 Å². The maximum absolute atomic E-state index is 15.5. The predicted octanol–water partition coefficient (Wildman–Crippen LogP) is 2.20. The van der Waals surface area contributed by atoms with Crippen LogP contribution < -0.4 is 17.1 Å². The number of hydrazone groups is 1. The zero-order chi connectivity index (χ0) is 22.5. The van der Waals surface area contributed by atoms with Crippen LogP contribution in [0.2, 0.25) is 0 Å². The van der Waals surface area contributed by atoms with Gasteiger partial charge in [0.05, 0.1) is 6.61 Å². The SMILES string of the molecule is CCOC(=O)C1CC2CC(F)(CC/C(=N/N)NN)CCC2CN1C(=O)OC(C)(C)C. The molecule has 4 atom stereocenters. The van der Waals surface area contributed by atoms with Crippen LogP contribution >= 0.6 is 0 Å². The summed E-state index contributed by atoms with van der Waals surface area (Å²) in [5, 5.41) is 3.51. The Balaban J connectivity index is 2.13. The first kappa shape index (κ1) is 24.2. The molecule has 4 unspecified atom stereocenters. The van der Waals surface area contributed by atoms with Crippen molar-refractivity contribution in [1.29, 1.82) is 0 Å². The molecule has 9 nitrogen and oxygen atoms in total. The Hall–Kier alpha value is -2.10. The highest BCUT2D eigenvalue weighted by Gasteiger charge is 2.49. The Labute approximate surface area is 177 Å². The first-order valence-corrected chi connectivity index (χ1v) is 10.6. The van der Waals surface area contributed by atoms with Crippen molar-refractivity contribution >= 4 is 17.9 Å². The minimum Gasteiger partial charge on any atom is -0.464 e. The number of nitrogens with one attached hydrogen (secondary N) is 1. The van der Waals surface area contributed by atoms with Crippen molar-refractivity contribution in [2.45, 2.75) is 83.5 Å². The fraction of sp³-hybridized carbons (Fsp3) is 0.850. The molecule has 0 aromatic carbocycles. The molecule has 0 radical (unpaired) electrons. The Morgan fingerprint density at radius 1 is 1.33 bits per heavy atom. The first-order chi connectivity index (χ1) is 14.0. The molecule has 172 valence electrons. The van der Waals surface area contributed by atoms with E-state index in [9.17, 15) is 9.59 Å². The van der Waals surface area contributed by atoms with E-state index in [1.807, 2.05) is 0 Å². The molecule has 10 heteroatoms. The second kappa shape index (κ2) is 9.80. The molecule has 2 rings (SSSR count). The second-order valence-corrected chi connectivity index (χ2v) is 9.27. The van der Waals surface area contributed by atoms with Gasteiger partial charge in [-0.15, -0.1) is 0 Å². The van der Waals surface area contributed by atoms with Crippen LogP contribution in [0.15, 0.2) is 5.10 Å². The van der Waals surface area contributed by atoms with E-state index in [1.54, 1.807) is 27.7 Å². The first-order valence-electron chi connectivity index (χ1n) is 10.6. The van der Waals surface area contributed by atoms with Crippen molar-refractivity contribution in [2.75, 3.05) is 13.2 Å². The number of hydrogen-bond donors (Lipinski definition) is 3. The lowest BCUT2D eigenvalue weighted by Gasteiger charge is -2.48. The number of ether oxygens (including phenoxy) is 2. The van der Waals surface area contributed by atoms with Crippen LogP contribution in [0.25, 0.3) is 0 Å². The van der Waals surface area contributed by atoms with Crippen LogP contribution in [0.5, 0.6) is 0 Å². The molecule has 2 fully saturated rings. The quantitative estimate of drug-likeness (QED) is 0.201. The molecule has 0 bridgehead atoms. The van der Waals surface area contributed by atoms with Crippen LogP contribution in [0.4, 0.5) is 9.18 Å². The van der Waals surface area contributed by atoms with E-state index >= 15 is 4.39 Å². The number of carbonyl (C=O) groups is 2. The van der Waals surface area contributed by atoms with Gasteiger partial charge in [0.1, 0.15) is 23.1 Å². The number of amides is 1. The third-order valence-electron chi connectivity index (χ3n) is 5.91. The summed E-state index contributed by atoms with van der Waals surface area (Å²) in [5.74, 6) is 10.5. The summed E-state index contributed by atoms with van der Waals surface area (Å²) in [6.45, 7) is 7.64. The second-order valence-electron chi connectivity index (χ2n) is 9.27. The minimum absolute atomic E-state index is 0.0269. The molecule has 0 spiro atoms. The molecule has 1 saturated carbocycles. The van der Waals surface area contributed by atoms with Crippen molar-refractivity contribution in [2.24, 2.45) is 28.6 Å². The van der Waals surface area contributed by atoms with E-state index in [0.717, 1.165) is 0 Å². The van der Waals surface area contributed by atoms with Crippen LogP contribution in [0.1, 0.15) is 66.2 Å². The summed E-state index contributed by atoms with van der Waals surface area (Å²) in [6, 6.07) is -0.768. The zero-order valence-electron chi connectivity index (χ0n) is 18.4.